The molecule has 0 radical (unpaired) electrons. The maximum atomic E-state index is 13.2. The molecule has 1 N–H and O–H groups in total. The van der Waals surface area contributed by atoms with Crippen LogP contribution in [0.1, 0.15) is 68.9 Å². The van der Waals surface area contributed by atoms with Crippen molar-refractivity contribution >= 4 is 11.8 Å². The summed E-state index contributed by atoms with van der Waals surface area (Å²) in [5.74, 6) is 0.110. The summed E-state index contributed by atoms with van der Waals surface area (Å²) in [5.41, 5.74) is 1.15. The molecule has 1 saturated carbocycles. The predicted molar refractivity (Wildman–Crippen MR) is 110 cm³/mol. The summed E-state index contributed by atoms with van der Waals surface area (Å²) in [6.45, 7) is 10.6. The third kappa shape index (κ3) is 3.66. The number of aromatic nitrogens is 1. The van der Waals surface area contributed by atoms with Crippen molar-refractivity contribution in [3.05, 3.63) is 29.6 Å². The Balaban J connectivity index is 1.78. The van der Waals surface area contributed by atoms with Gasteiger partial charge in [0.05, 0.1) is 17.6 Å². The van der Waals surface area contributed by atoms with Crippen LogP contribution < -0.4 is 5.32 Å². The molecule has 0 spiro atoms. The molecule has 1 aliphatic carbocycles. The van der Waals surface area contributed by atoms with Crippen LogP contribution in [0.15, 0.2) is 18.3 Å². The fourth-order valence-electron chi connectivity index (χ4n) is 5.17. The number of nitrogens with one attached hydrogen (secondary N) is 1. The molecule has 1 unspecified atom stereocenters. The van der Waals surface area contributed by atoms with E-state index >= 15 is 0 Å². The highest BCUT2D eigenvalue weighted by atomic mass is 16.2. The molecule has 154 valence electrons. The van der Waals surface area contributed by atoms with Crippen molar-refractivity contribution in [2.75, 3.05) is 19.6 Å². The van der Waals surface area contributed by atoms with Gasteiger partial charge < -0.3 is 10.2 Å². The van der Waals surface area contributed by atoms with Crippen LogP contribution in [0.3, 0.4) is 0 Å². The minimum atomic E-state index is -0.282. The number of hydrogen-bond donors (Lipinski definition) is 1. The largest absolute Gasteiger partial charge is 0.347 e. The molecule has 6 heteroatoms. The average molecular weight is 387 g/mol. The zero-order valence-corrected chi connectivity index (χ0v) is 17.7. The smallest absolute Gasteiger partial charge is 0.273 e. The van der Waals surface area contributed by atoms with Gasteiger partial charge in [0, 0.05) is 12.7 Å². The Morgan fingerprint density at radius 2 is 2.07 bits per heavy atom. The lowest BCUT2D eigenvalue weighted by Gasteiger charge is -2.36. The van der Waals surface area contributed by atoms with Gasteiger partial charge in [-0.25, -0.2) is 0 Å². The first-order valence-electron chi connectivity index (χ1n) is 10.8. The summed E-state index contributed by atoms with van der Waals surface area (Å²) in [7, 11) is 0. The Labute approximate surface area is 168 Å². The highest BCUT2D eigenvalue weighted by Crippen LogP contribution is 2.42. The lowest BCUT2D eigenvalue weighted by Crippen LogP contribution is -2.58. The molecular formula is C22H34N4O2. The molecule has 1 aromatic rings. The van der Waals surface area contributed by atoms with E-state index in [4.69, 9.17) is 0 Å². The summed E-state index contributed by atoms with van der Waals surface area (Å²) in [4.78, 5) is 34.8. The summed E-state index contributed by atoms with van der Waals surface area (Å²) in [6, 6.07) is 3.75. The highest BCUT2D eigenvalue weighted by Gasteiger charge is 2.53. The van der Waals surface area contributed by atoms with Crippen LogP contribution >= 0.6 is 0 Å². The van der Waals surface area contributed by atoms with Crippen molar-refractivity contribution in [3.63, 3.8) is 0 Å². The van der Waals surface area contributed by atoms with Gasteiger partial charge in [0.15, 0.2) is 0 Å². The first-order chi connectivity index (χ1) is 13.5. The predicted octanol–water partition coefficient (Wildman–Crippen LogP) is 2.76. The van der Waals surface area contributed by atoms with Crippen LogP contribution in [0.5, 0.6) is 0 Å². The number of carbonyl (C=O) groups is 2. The van der Waals surface area contributed by atoms with E-state index in [1.807, 2.05) is 24.0 Å². The van der Waals surface area contributed by atoms with Gasteiger partial charge in [-0.2, -0.15) is 0 Å². The summed E-state index contributed by atoms with van der Waals surface area (Å²) in [5, 5.41) is 3.41. The van der Waals surface area contributed by atoms with Gasteiger partial charge in [-0.05, 0) is 63.7 Å². The first-order valence-corrected chi connectivity index (χ1v) is 10.8. The second-order valence-electron chi connectivity index (χ2n) is 8.12. The maximum absolute atomic E-state index is 13.2. The van der Waals surface area contributed by atoms with E-state index in [2.05, 4.69) is 36.0 Å². The quantitative estimate of drug-likeness (QED) is 0.783. The van der Waals surface area contributed by atoms with Gasteiger partial charge in [0.25, 0.3) is 5.91 Å². The Morgan fingerprint density at radius 1 is 1.32 bits per heavy atom. The van der Waals surface area contributed by atoms with E-state index in [1.54, 1.807) is 6.20 Å². The molecule has 3 atom stereocenters. The third-order valence-electron chi connectivity index (χ3n) is 6.70. The van der Waals surface area contributed by atoms with Crippen LogP contribution in [-0.2, 0) is 4.79 Å². The summed E-state index contributed by atoms with van der Waals surface area (Å²) >= 11 is 0. The molecular weight excluding hydrogens is 352 g/mol. The van der Waals surface area contributed by atoms with Crippen LogP contribution in [-0.4, -0.2) is 63.9 Å². The minimum absolute atomic E-state index is 0.00286. The van der Waals surface area contributed by atoms with Gasteiger partial charge in [-0.3, -0.25) is 19.5 Å². The SMILES string of the molecule is CCC(C(=O)N[C@]12CCC[C@H]1N(C(=O)c1ncccc1C)CC2)N(CC)CC. The van der Waals surface area contributed by atoms with Gasteiger partial charge >= 0.3 is 0 Å². The number of nitrogens with zero attached hydrogens (tertiary/aromatic N) is 3. The molecule has 2 amide bonds. The zero-order valence-electron chi connectivity index (χ0n) is 17.7. The van der Waals surface area contributed by atoms with Crippen molar-refractivity contribution < 1.29 is 9.59 Å². The summed E-state index contributed by atoms with van der Waals surface area (Å²) < 4.78 is 0. The van der Waals surface area contributed by atoms with Crippen molar-refractivity contribution in [1.29, 1.82) is 0 Å². The van der Waals surface area contributed by atoms with Crippen LogP contribution in [0.4, 0.5) is 0 Å². The number of rotatable bonds is 7. The molecule has 28 heavy (non-hydrogen) atoms. The Hall–Kier alpha value is -1.95. The molecule has 3 rings (SSSR count). The lowest BCUT2D eigenvalue weighted by molar-refractivity contribution is -0.128. The minimum Gasteiger partial charge on any atom is -0.347 e. The molecule has 1 aliphatic heterocycles. The fraction of sp³-hybridized carbons (Fsp3) is 0.682. The Morgan fingerprint density at radius 3 is 2.71 bits per heavy atom. The van der Waals surface area contributed by atoms with Gasteiger partial charge in [0.1, 0.15) is 5.69 Å². The van der Waals surface area contributed by atoms with Crippen LogP contribution in [0.25, 0.3) is 0 Å². The first kappa shape index (κ1) is 20.8. The van der Waals surface area contributed by atoms with Crippen molar-refractivity contribution in [1.82, 2.24) is 20.1 Å². The normalized spacial score (nSPS) is 25.0. The highest BCUT2D eigenvalue weighted by molar-refractivity contribution is 5.94. The number of likely N-dealkylation sites (N-methyl/N-ethyl adjacent to an activating group) is 1. The van der Waals surface area contributed by atoms with E-state index in [9.17, 15) is 9.59 Å². The topological polar surface area (TPSA) is 65.5 Å². The van der Waals surface area contributed by atoms with E-state index in [-0.39, 0.29) is 29.4 Å². The molecule has 2 fully saturated rings. The molecule has 0 aromatic carbocycles. The number of fused-ring (bicyclic) bond motifs is 1. The second kappa shape index (κ2) is 8.60. The number of likely N-dealkylation sites (tertiary alicyclic amines) is 1. The number of hydrogen-bond acceptors (Lipinski definition) is 4. The number of amides is 2. The Bertz CT molecular complexity index is 718. The van der Waals surface area contributed by atoms with E-state index in [1.165, 1.54) is 0 Å². The standard InChI is InChI=1S/C22H34N4O2/c1-5-17(25(6-2)7-3)20(27)24-22-12-8-11-18(22)26(15-13-22)21(28)19-16(4)10-9-14-23-19/h9-10,14,17-18H,5-8,11-13,15H2,1-4H3,(H,24,27)/t17?,18-,22+/m1/s1. The molecule has 2 aliphatic rings. The number of pyridine rings is 1. The molecule has 6 nitrogen and oxygen atoms in total. The lowest BCUT2D eigenvalue weighted by atomic mass is 9.92. The van der Waals surface area contributed by atoms with Crippen molar-refractivity contribution in [3.8, 4) is 0 Å². The van der Waals surface area contributed by atoms with Crippen molar-refractivity contribution in [2.45, 2.75) is 77.4 Å². The fourth-order valence-corrected chi connectivity index (χ4v) is 5.17. The van der Waals surface area contributed by atoms with E-state index in [0.717, 1.165) is 50.8 Å². The van der Waals surface area contributed by atoms with Crippen LogP contribution in [0, 0.1) is 6.92 Å². The van der Waals surface area contributed by atoms with E-state index < -0.39 is 0 Å². The van der Waals surface area contributed by atoms with Crippen molar-refractivity contribution in [2.24, 2.45) is 0 Å². The third-order valence-corrected chi connectivity index (χ3v) is 6.70. The van der Waals surface area contributed by atoms with Gasteiger partial charge in [0.2, 0.25) is 5.91 Å². The number of carbonyl (C=O) groups excluding carboxylic acids is 2. The van der Waals surface area contributed by atoms with Crippen LogP contribution in [0.2, 0.25) is 0 Å². The van der Waals surface area contributed by atoms with Gasteiger partial charge in [-0.15, -0.1) is 0 Å². The number of aryl methyl sites for hydroxylation is 1. The maximum Gasteiger partial charge on any atom is 0.273 e. The molecule has 0 bridgehead atoms. The summed E-state index contributed by atoms with van der Waals surface area (Å²) in [6.07, 6.45) is 6.23. The molecule has 2 heterocycles. The second-order valence-corrected chi connectivity index (χ2v) is 8.12. The Kier molecular flexibility index (Phi) is 6.38. The zero-order chi connectivity index (χ0) is 20.3. The van der Waals surface area contributed by atoms with E-state index in [0.29, 0.717) is 12.2 Å². The monoisotopic (exact) mass is 386 g/mol. The molecule has 1 aromatic heterocycles. The molecule has 1 saturated heterocycles. The van der Waals surface area contributed by atoms with Gasteiger partial charge in [-0.1, -0.05) is 26.8 Å². The average Bonchev–Trinajstić information content (AvgIpc) is 3.24.